The highest BCUT2D eigenvalue weighted by Crippen LogP contribution is 2.16. The summed E-state index contributed by atoms with van der Waals surface area (Å²) in [6.45, 7) is 0.506. The Balaban J connectivity index is 2.24. The number of pyridine rings is 1. The van der Waals surface area contributed by atoms with Crippen molar-refractivity contribution in [2.75, 3.05) is 13.1 Å². The number of aliphatic hydroxyl groups is 1. The molecule has 1 aliphatic rings. The molecule has 6 heteroatoms. The number of hydrogen-bond donors (Lipinski definition) is 1. The van der Waals surface area contributed by atoms with Gasteiger partial charge in [0.25, 0.3) is 5.91 Å². The molecule has 0 saturated carbocycles. The topological polar surface area (TPSA) is 53.4 Å². The van der Waals surface area contributed by atoms with Crippen molar-refractivity contribution in [2.45, 2.75) is 12.5 Å². The zero-order chi connectivity index (χ0) is 11.7. The molecule has 0 unspecified atom stereocenters. The highest BCUT2D eigenvalue weighted by Gasteiger charge is 2.27. The lowest BCUT2D eigenvalue weighted by Crippen LogP contribution is -2.30. The summed E-state index contributed by atoms with van der Waals surface area (Å²) in [5, 5.41) is 9.25. The van der Waals surface area contributed by atoms with Gasteiger partial charge in [0.2, 0.25) is 5.95 Å². The number of aliphatic hydroxyl groups excluding tert-OH is 1. The Morgan fingerprint density at radius 3 is 2.94 bits per heavy atom. The lowest BCUT2D eigenvalue weighted by Gasteiger charge is -2.15. The smallest absolute Gasteiger partial charge is 0.257 e. The zero-order valence-electron chi connectivity index (χ0n) is 8.36. The van der Waals surface area contributed by atoms with Gasteiger partial charge in [0, 0.05) is 19.3 Å². The van der Waals surface area contributed by atoms with E-state index in [0.717, 1.165) is 12.3 Å². The van der Waals surface area contributed by atoms with Crippen LogP contribution >= 0.6 is 0 Å². The standard InChI is InChI=1S/C10H10F2N2O2/c11-8-7(1-3-13-9(8)12)10(16)14-4-2-6(15)5-14/h1,3,6,15H,2,4-5H2/t6-/m1/s1. The fraction of sp³-hybridized carbons (Fsp3) is 0.400. The molecule has 1 saturated heterocycles. The van der Waals surface area contributed by atoms with Crippen LogP contribution < -0.4 is 0 Å². The minimum absolute atomic E-state index is 0.155. The summed E-state index contributed by atoms with van der Waals surface area (Å²) >= 11 is 0. The van der Waals surface area contributed by atoms with Crippen LogP contribution in [-0.2, 0) is 0 Å². The van der Waals surface area contributed by atoms with Gasteiger partial charge in [-0.25, -0.2) is 9.37 Å². The van der Waals surface area contributed by atoms with Crippen LogP contribution in [0.1, 0.15) is 16.8 Å². The Morgan fingerprint density at radius 2 is 2.31 bits per heavy atom. The number of aromatic nitrogens is 1. The van der Waals surface area contributed by atoms with E-state index in [2.05, 4.69) is 4.98 Å². The van der Waals surface area contributed by atoms with E-state index in [1.54, 1.807) is 0 Å². The van der Waals surface area contributed by atoms with E-state index in [4.69, 9.17) is 0 Å². The van der Waals surface area contributed by atoms with Gasteiger partial charge >= 0.3 is 0 Å². The van der Waals surface area contributed by atoms with Crippen molar-refractivity contribution in [1.82, 2.24) is 9.88 Å². The van der Waals surface area contributed by atoms with Gasteiger partial charge in [-0.15, -0.1) is 0 Å². The quantitative estimate of drug-likeness (QED) is 0.715. The molecule has 0 aromatic carbocycles. The molecule has 2 heterocycles. The van der Waals surface area contributed by atoms with E-state index in [9.17, 15) is 18.7 Å². The summed E-state index contributed by atoms with van der Waals surface area (Å²) < 4.78 is 26.1. The molecule has 0 aliphatic carbocycles. The van der Waals surface area contributed by atoms with Gasteiger partial charge in [-0.05, 0) is 12.5 Å². The van der Waals surface area contributed by atoms with Gasteiger partial charge < -0.3 is 10.0 Å². The fourth-order valence-corrected chi connectivity index (χ4v) is 1.68. The number of β-amino-alcohol motifs (C(OH)–C–C–N with tert-alkyl or cyclic N) is 1. The summed E-state index contributed by atoms with van der Waals surface area (Å²) in [5.74, 6) is -3.14. The largest absolute Gasteiger partial charge is 0.391 e. The number of nitrogens with zero attached hydrogens (tertiary/aromatic N) is 2. The highest BCUT2D eigenvalue weighted by atomic mass is 19.2. The molecule has 1 aliphatic heterocycles. The van der Waals surface area contributed by atoms with E-state index in [0.29, 0.717) is 13.0 Å². The Hall–Kier alpha value is -1.56. The van der Waals surface area contributed by atoms with Crippen molar-refractivity contribution in [3.63, 3.8) is 0 Å². The Morgan fingerprint density at radius 1 is 1.56 bits per heavy atom. The van der Waals surface area contributed by atoms with E-state index in [1.165, 1.54) is 4.90 Å². The molecule has 0 bridgehead atoms. The van der Waals surface area contributed by atoms with Crippen LogP contribution in [0.15, 0.2) is 12.3 Å². The van der Waals surface area contributed by atoms with Crippen LogP contribution in [0.5, 0.6) is 0 Å². The van der Waals surface area contributed by atoms with Crippen molar-refractivity contribution in [1.29, 1.82) is 0 Å². The lowest BCUT2D eigenvalue weighted by molar-refractivity contribution is 0.0759. The Bertz CT molecular complexity index is 425. The maximum absolute atomic E-state index is 13.3. The minimum Gasteiger partial charge on any atom is -0.391 e. The first-order valence-electron chi connectivity index (χ1n) is 4.87. The van der Waals surface area contributed by atoms with E-state index in [1.807, 2.05) is 0 Å². The molecule has 1 aromatic rings. The van der Waals surface area contributed by atoms with Gasteiger partial charge in [-0.2, -0.15) is 4.39 Å². The monoisotopic (exact) mass is 228 g/mol. The van der Waals surface area contributed by atoms with E-state index < -0.39 is 23.8 Å². The lowest BCUT2D eigenvalue weighted by atomic mass is 10.2. The highest BCUT2D eigenvalue weighted by molar-refractivity contribution is 5.94. The Kier molecular flexibility index (Phi) is 2.82. The van der Waals surface area contributed by atoms with Crippen LogP contribution in [0, 0.1) is 11.8 Å². The molecule has 86 valence electrons. The molecule has 4 nitrogen and oxygen atoms in total. The van der Waals surface area contributed by atoms with E-state index >= 15 is 0 Å². The van der Waals surface area contributed by atoms with Gasteiger partial charge in [-0.3, -0.25) is 4.79 Å². The van der Waals surface area contributed by atoms with Crippen molar-refractivity contribution >= 4 is 5.91 Å². The summed E-state index contributed by atoms with van der Waals surface area (Å²) in [4.78, 5) is 16.1. The van der Waals surface area contributed by atoms with Crippen molar-refractivity contribution in [3.05, 3.63) is 29.6 Å². The van der Waals surface area contributed by atoms with Gasteiger partial charge in [0.15, 0.2) is 5.82 Å². The van der Waals surface area contributed by atoms with E-state index in [-0.39, 0.29) is 12.1 Å². The summed E-state index contributed by atoms with van der Waals surface area (Å²) in [5.41, 5.74) is -0.346. The first kappa shape index (κ1) is 10.9. The first-order valence-corrected chi connectivity index (χ1v) is 4.87. The normalized spacial score (nSPS) is 20.2. The molecule has 1 fully saturated rings. The number of halogens is 2. The number of carbonyl (C=O) groups is 1. The maximum Gasteiger partial charge on any atom is 0.257 e. The van der Waals surface area contributed by atoms with Crippen molar-refractivity contribution in [3.8, 4) is 0 Å². The number of likely N-dealkylation sites (tertiary alicyclic amines) is 1. The third kappa shape index (κ3) is 1.88. The zero-order valence-corrected chi connectivity index (χ0v) is 8.36. The second-order valence-corrected chi connectivity index (χ2v) is 3.66. The first-order chi connectivity index (χ1) is 7.59. The molecule has 16 heavy (non-hydrogen) atoms. The molecule has 1 N–H and O–H groups in total. The van der Waals surface area contributed by atoms with Crippen molar-refractivity contribution in [2.24, 2.45) is 0 Å². The van der Waals surface area contributed by atoms with Crippen molar-refractivity contribution < 1.29 is 18.7 Å². The molecule has 1 aromatic heterocycles. The Labute approximate surface area is 90.5 Å². The summed E-state index contributed by atoms with van der Waals surface area (Å²) in [6, 6.07) is 1.13. The second-order valence-electron chi connectivity index (χ2n) is 3.66. The SMILES string of the molecule is O=C(c1ccnc(F)c1F)N1CC[C@@H](O)C1. The predicted octanol–water partition coefficient (Wildman–Crippen LogP) is 0.567. The molecule has 1 atom stereocenters. The molecule has 1 amide bonds. The summed E-state index contributed by atoms with van der Waals surface area (Å²) in [7, 11) is 0. The number of hydrogen-bond acceptors (Lipinski definition) is 3. The van der Waals surface area contributed by atoms with Crippen LogP contribution in [0.25, 0.3) is 0 Å². The molecule has 2 rings (SSSR count). The van der Waals surface area contributed by atoms with Gasteiger partial charge in [0.1, 0.15) is 0 Å². The average molecular weight is 228 g/mol. The third-order valence-electron chi connectivity index (χ3n) is 2.53. The van der Waals surface area contributed by atoms with Gasteiger partial charge in [-0.1, -0.05) is 0 Å². The van der Waals surface area contributed by atoms with Crippen LogP contribution in [0.2, 0.25) is 0 Å². The predicted molar refractivity (Wildman–Crippen MR) is 50.7 cm³/mol. The number of carbonyl (C=O) groups excluding carboxylic acids is 1. The fourth-order valence-electron chi connectivity index (χ4n) is 1.68. The maximum atomic E-state index is 13.3. The number of rotatable bonds is 1. The molecule has 0 spiro atoms. The second kappa shape index (κ2) is 4.13. The van der Waals surface area contributed by atoms with Crippen LogP contribution in [0.4, 0.5) is 8.78 Å². The minimum atomic E-state index is -1.29. The molecule has 0 radical (unpaired) electrons. The van der Waals surface area contributed by atoms with Crippen LogP contribution in [-0.4, -0.2) is 40.1 Å². The average Bonchev–Trinajstić information content (AvgIpc) is 2.68. The van der Waals surface area contributed by atoms with Crippen LogP contribution in [0.3, 0.4) is 0 Å². The molecular formula is C10H10F2N2O2. The molecular weight excluding hydrogens is 218 g/mol. The van der Waals surface area contributed by atoms with Gasteiger partial charge in [0.05, 0.1) is 11.7 Å². The number of amides is 1. The third-order valence-corrected chi connectivity index (χ3v) is 2.53. The summed E-state index contributed by atoms with van der Waals surface area (Å²) in [6.07, 6.45) is 0.915.